The number of carbonyl (C=O) groups excluding carboxylic acids is 1. The highest BCUT2D eigenvalue weighted by molar-refractivity contribution is 8.13. The number of thioether (sulfide) groups is 1. The molecule has 2 N–H and O–H groups in total. The first-order chi connectivity index (χ1) is 18.3. The number of carbonyl (C=O) groups is 1. The number of aromatic nitrogens is 1. The molecular formula is C28H32N4O4S2. The van der Waals surface area contributed by atoms with E-state index in [1.54, 1.807) is 49.5 Å². The minimum Gasteiger partial charge on any atom is -0.497 e. The van der Waals surface area contributed by atoms with E-state index in [-0.39, 0.29) is 17.4 Å². The summed E-state index contributed by atoms with van der Waals surface area (Å²) in [6.45, 7) is 5.20. The highest BCUT2D eigenvalue weighted by atomic mass is 32.2. The van der Waals surface area contributed by atoms with Crippen molar-refractivity contribution < 1.29 is 19.0 Å². The average Bonchev–Trinajstić information content (AvgIpc) is 3.42. The Kier molecular flexibility index (Phi) is 7.65. The summed E-state index contributed by atoms with van der Waals surface area (Å²) in [5, 5.41) is 9.93. The molecule has 3 aromatic rings. The third-order valence-electron chi connectivity index (χ3n) is 6.90. The Hall–Kier alpha value is -3.08. The van der Waals surface area contributed by atoms with E-state index in [0.717, 1.165) is 40.1 Å². The number of anilines is 1. The lowest BCUT2D eigenvalue weighted by Gasteiger charge is -2.48. The monoisotopic (exact) mass is 552 g/mol. The molecule has 0 aliphatic carbocycles. The van der Waals surface area contributed by atoms with Gasteiger partial charge in [0, 0.05) is 40.8 Å². The Morgan fingerprint density at radius 1 is 1.16 bits per heavy atom. The van der Waals surface area contributed by atoms with Crippen molar-refractivity contribution in [1.82, 2.24) is 10.3 Å². The fraction of sp³-hybridized carbons (Fsp3) is 0.393. The first-order valence-electron chi connectivity index (χ1n) is 12.5. The summed E-state index contributed by atoms with van der Waals surface area (Å²) in [7, 11) is 3.29. The number of nitrogens with zero attached hydrogens (tertiary/aromatic N) is 2. The highest BCUT2D eigenvalue weighted by Crippen LogP contribution is 2.49. The van der Waals surface area contributed by atoms with Crippen LogP contribution in [0.15, 0.2) is 58.9 Å². The van der Waals surface area contributed by atoms with Crippen LogP contribution in [0.25, 0.3) is 0 Å². The van der Waals surface area contributed by atoms with Gasteiger partial charge in [-0.05, 0) is 44.5 Å². The van der Waals surface area contributed by atoms with Gasteiger partial charge < -0.3 is 24.8 Å². The lowest BCUT2D eigenvalue weighted by molar-refractivity contribution is -0.109. The van der Waals surface area contributed by atoms with Gasteiger partial charge in [-0.25, -0.2) is 9.98 Å². The van der Waals surface area contributed by atoms with Gasteiger partial charge in [0.05, 0.1) is 26.4 Å². The van der Waals surface area contributed by atoms with E-state index in [4.69, 9.17) is 24.2 Å². The van der Waals surface area contributed by atoms with Crippen LogP contribution in [-0.4, -0.2) is 48.2 Å². The van der Waals surface area contributed by atoms with Crippen LogP contribution in [0.4, 0.5) is 5.82 Å². The fourth-order valence-corrected chi connectivity index (χ4v) is 6.93. The lowest BCUT2D eigenvalue weighted by atomic mass is 9.77. The molecule has 1 aromatic heterocycles. The summed E-state index contributed by atoms with van der Waals surface area (Å²) in [4.78, 5) is 22.9. The van der Waals surface area contributed by atoms with Gasteiger partial charge in [0.2, 0.25) is 0 Å². The molecule has 0 radical (unpaired) electrons. The number of nitrogens with one attached hydrogen (secondary N) is 2. The number of rotatable bonds is 7. The second-order valence-corrected chi connectivity index (χ2v) is 11.9. The van der Waals surface area contributed by atoms with Crippen molar-refractivity contribution in [3.63, 3.8) is 0 Å². The van der Waals surface area contributed by atoms with Crippen molar-refractivity contribution in [3.8, 4) is 11.5 Å². The molecule has 2 aliphatic heterocycles. The lowest BCUT2D eigenvalue weighted by Crippen LogP contribution is -2.53. The zero-order chi connectivity index (χ0) is 26.8. The van der Waals surface area contributed by atoms with Crippen molar-refractivity contribution in [3.05, 3.63) is 70.0 Å². The molecule has 3 heterocycles. The molecule has 200 valence electrons. The number of methoxy groups -OCH3 is 2. The summed E-state index contributed by atoms with van der Waals surface area (Å²) in [5.74, 6) is 3.15. The zero-order valence-electron chi connectivity index (χ0n) is 21.9. The van der Waals surface area contributed by atoms with E-state index in [2.05, 4.69) is 24.5 Å². The minimum atomic E-state index is -0.650. The summed E-state index contributed by atoms with van der Waals surface area (Å²) >= 11 is 3.15. The number of benzene rings is 2. The van der Waals surface area contributed by atoms with Gasteiger partial charge >= 0.3 is 0 Å². The molecule has 1 fully saturated rings. The van der Waals surface area contributed by atoms with Gasteiger partial charge in [-0.15, -0.1) is 11.3 Å². The van der Waals surface area contributed by atoms with Crippen LogP contribution in [0.1, 0.15) is 41.2 Å². The van der Waals surface area contributed by atoms with Gasteiger partial charge in [-0.3, -0.25) is 4.79 Å². The Morgan fingerprint density at radius 3 is 2.74 bits per heavy atom. The molecule has 1 saturated heterocycles. The number of amides is 1. The van der Waals surface area contributed by atoms with Crippen molar-refractivity contribution in [2.45, 2.75) is 38.0 Å². The number of hydrogen-bond donors (Lipinski definition) is 2. The smallest absolute Gasteiger partial charge is 0.257 e. The van der Waals surface area contributed by atoms with Gasteiger partial charge in [-0.1, -0.05) is 30.0 Å². The summed E-state index contributed by atoms with van der Waals surface area (Å²) in [5.41, 5.74) is 0.711. The van der Waals surface area contributed by atoms with E-state index >= 15 is 0 Å². The van der Waals surface area contributed by atoms with Gasteiger partial charge in [0.1, 0.15) is 27.9 Å². The topological polar surface area (TPSA) is 94.1 Å². The highest BCUT2D eigenvalue weighted by Gasteiger charge is 2.52. The van der Waals surface area contributed by atoms with Crippen molar-refractivity contribution in [2.24, 2.45) is 10.9 Å². The summed E-state index contributed by atoms with van der Waals surface area (Å²) in [6, 6.07) is 15.0. The molecular weight excluding hydrogens is 520 g/mol. The number of ether oxygens (including phenoxy) is 3. The standard InChI is InChI=1S/C28H32N4O4S2/c1-27(2)13-20-15-38-26(31-24(33)18-8-6-5-7-9-18)32-28(20,17-36-27)25-30-23(16-37-25)29-14-19-10-11-21(34-3)12-22(19)35-4/h5-12,16,20,29H,13-15,17H2,1-4H3,(H,31,32,33)/t20-,28-/m1/s1. The van der Waals surface area contributed by atoms with Crippen LogP contribution in [0.5, 0.6) is 11.5 Å². The number of thiazole rings is 1. The van der Waals surface area contributed by atoms with Crippen molar-refractivity contribution in [2.75, 3.05) is 31.9 Å². The molecule has 0 bridgehead atoms. The fourth-order valence-electron chi connectivity index (χ4n) is 4.80. The SMILES string of the molecule is COc1ccc(CNc2csc([C@@]34COC(C)(C)C[C@@H]3CSC(NC(=O)c3ccccc3)=N4)n2)c(OC)c1. The maximum atomic E-state index is 12.9. The predicted molar refractivity (Wildman–Crippen MR) is 153 cm³/mol. The van der Waals surface area contributed by atoms with Crippen LogP contribution in [0.2, 0.25) is 0 Å². The number of amidine groups is 1. The largest absolute Gasteiger partial charge is 0.497 e. The van der Waals surface area contributed by atoms with Gasteiger partial charge in [0.25, 0.3) is 5.91 Å². The number of aliphatic imine (C=N–C) groups is 1. The first-order valence-corrected chi connectivity index (χ1v) is 14.3. The molecule has 38 heavy (non-hydrogen) atoms. The molecule has 1 amide bonds. The normalized spacial score (nSPS) is 22.1. The van der Waals surface area contributed by atoms with Crippen LogP contribution < -0.4 is 20.1 Å². The Bertz CT molecular complexity index is 1330. The van der Waals surface area contributed by atoms with Crippen LogP contribution in [0.3, 0.4) is 0 Å². The van der Waals surface area contributed by atoms with Crippen LogP contribution in [-0.2, 0) is 16.8 Å². The van der Waals surface area contributed by atoms with E-state index in [1.807, 2.05) is 41.8 Å². The van der Waals surface area contributed by atoms with E-state index < -0.39 is 5.54 Å². The van der Waals surface area contributed by atoms with Crippen LogP contribution in [0, 0.1) is 5.92 Å². The Labute approximate surface area is 231 Å². The third-order valence-corrected chi connectivity index (χ3v) is 8.95. The summed E-state index contributed by atoms with van der Waals surface area (Å²) < 4.78 is 17.1. The molecule has 0 saturated carbocycles. The average molecular weight is 553 g/mol. The van der Waals surface area contributed by atoms with E-state index in [9.17, 15) is 4.79 Å². The van der Waals surface area contributed by atoms with Crippen LogP contribution >= 0.6 is 23.1 Å². The quantitative estimate of drug-likeness (QED) is 0.410. The summed E-state index contributed by atoms with van der Waals surface area (Å²) in [6.07, 6.45) is 0.856. The minimum absolute atomic E-state index is 0.169. The first kappa shape index (κ1) is 26.5. The molecule has 2 aromatic carbocycles. The van der Waals surface area contributed by atoms with E-state index in [0.29, 0.717) is 23.9 Å². The molecule has 2 atom stereocenters. The molecule has 0 spiro atoms. The second kappa shape index (κ2) is 11.0. The maximum Gasteiger partial charge on any atom is 0.257 e. The number of fused-ring (bicyclic) bond motifs is 1. The Balaban J connectivity index is 1.39. The zero-order valence-corrected chi connectivity index (χ0v) is 23.6. The number of hydrogen-bond acceptors (Lipinski definition) is 9. The van der Waals surface area contributed by atoms with Gasteiger partial charge in [0.15, 0.2) is 5.17 Å². The Morgan fingerprint density at radius 2 is 1.97 bits per heavy atom. The van der Waals surface area contributed by atoms with Crippen molar-refractivity contribution >= 4 is 40.0 Å². The second-order valence-electron chi connectivity index (χ2n) is 9.99. The predicted octanol–water partition coefficient (Wildman–Crippen LogP) is 5.32. The molecule has 2 aliphatic rings. The van der Waals surface area contributed by atoms with E-state index in [1.165, 1.54) is 0 Å². The maximum absolute atomic E-state index is 12.9. The molecule has 0 unspecified atom stereocenters. The molecule has 10 heteroatoms. The van der Waals surface area contributed by atoms with Gasteiger partial charge in [-0.2, -0.15) is 0 Å². The third kappa shape index (κ3) is 5.52. The molecule has 5 rings (SSSR count). The molecule has 8 nitrogen and oxygen atoms in total. The van der Waals surface area contributed by atoms with Crippen molar-refractivity contribution in [1.29, 1.82) is 0 Å².